The second-order valence-corrected chi connectivity index (χ2v) is 7.79. The van der Waals surface area contributed by atoms with Gasteiger partial charge in [-0.3, -0.25) is 4.79 Å². The fourth-order valence-electron chi connectivity index (χ4n) is 3.90. The molecule has 0 bridgehead atoms. The third-order valence-corrected chi connectivity index (χ3v) is 5.77. The van der Waals surface area contributed by atoms with Crippen molar-refractivity contribution in [3.05, 3.63) is 81.5 Å². The Labute approximate surface area is 174 Å². The fourth-order valence-corrected chi connectivity index (χ4v) is 4.10. The quantitative estimate of drug-likeness (QED) is 0.663. The van der Waals surface area contributed by atoms with Crippen molar-refractivity contribution >= 4 is 17.5 Å². The molecule has 1 fully saturated rings. The van der Waals surface area contributed by atoms with Gasteiger partial charge in [-0.05, 0) is 36.6 Å². The van der Waals surface area contributed by atoms with Gasteiger partial charge in [-0.1, -0.05) is 48.0 Å². The fraction of sp³-hybridized carbons (Fsp3) is 0.318. The number of para-hydroxylation sites is 1. The lowest BCUT2D eigenvalue weighted by Crippen LogP contribution is -2.40. The maximum atomic E-state index is 12.9. The number of nitrogens with zero attached hydrogens (tertiary/aromatic N) is 4. The minimum Gasteiger partial charge on any atom is -0.342 e. The van der Waals surface area contributed by atoms with E-state index in [1.54, 1.807) is 17.7 Å². The SMILES string of the molecule is Cn1nc([C@@H]2CCCN(C(=O)Cc3ccccc3Cl)C2)n(-c2ccccc2)c1=O. The normalized spacial score (nSPS) is 16.8. The molecule has 0 aliphatic carbocycles. The summed E-state index contributed by atoms with van der Waals surface area (Å²) in [6, 6.07) is 16.9. The Kier molecular flexibility index (Phi) is 5.53. The number of hydrogen-bond acceptors (Lipinski definition) is 3. The molecule has 1 aliphatic rings. The Balaban J connectivity index is 1.58. The second-order valence-electron chi connectivity index (χ2n) is 7.38. The van der Waals surface area contributed by atoms with Gasteiger partial charge in [0, 0.05) is 31.1 Å². The number of hydrogen-bond donors (Lipinski definition) is 0. The summed E-state index contributed by atoms with van der Waals surface area (Å²) >= 11 is 6.22. The molecule has 2 heterocycles. The minimum absolute atomic E-state index is 0.00746. The van der Waals surface area contributed by atoms with Crippen molar-refractivity contribution in [1.29, 1.82) is 0 Å². The number of halogens is 1. The average Bonchev–Trinajstić information content (AvgIpc) is 3.05. The number of amides is 1. The molecule has 0 radical (unpaired) electrons. The first-order valence-electron chi connectivity index (χ1n) is 9.77. The number of likely N-dealkylation sites (tertiary alicyclic amines) is 1. The van der Waals surface area contributed by atoms with E-state index in [0.29, 0.717) is 23.9 Å². The largest absolute Gasteiger partial charge is 0.350 e. The lowest BCUT2D eigenvalue weighted by molar-refractivity contribution is -0.131. The predicted octanol–water partition coefficient (Wildman–Crippen LogP) is 3.17. The Morgan fingerprint density at radius 3 is 2.62 bits per heavy atom. The van der Waals surface area contributed by atoms with Gasteiger partial charge in [0.2, 0.25) is 5.91 Å². The van der Waals surface area contributed by atoms with Crippen LogP contribution < -0.4 is 5.69 Å². The summed E-state index contributed by atoms with van der Waals surface area (Å²) in [5, 5.41) is 5.12. The maximum absolute atomic E-state index is 12.9. The third-order valence-electron chi connectivity index (χ3n) is 5.40. The molecule has 2 aromatic carbocycles. The number of benzene rings is 2. The van der Waals surface area contributed by atoms with E-state index < -0.39 is 0 Å². The van der Waals surface area contributed by atoms with Crippen LogP contribution in [0.15, 0.2) is 59.4 Å². The molecule has 6 nitrogen and oxygen atoms in total. The van der Waals surface area contributed by atoms with Crippen molar-refractivity contribution in [1.82, 2.24) is 19.2 Å². The van der Waals surface area contributed by atoms with Gasteiger partial charge < -0.3 is 4.90 Å². The van der Waals surface area contributed by atoms with Crippen molar-refractivity contribution in [3.63, 3.8) is 0 Å². The Morgan fingerprint density at radius 1 is 1.14 bits per heavy atom. The summed E-state index contributed by atoms with van der Waals surface area (Å²) in [6.45, 7) is 1.26. The van der Waals surface area contributed by atoms with Crippen LogP contribution in [-0.2, 0) is 18.3 Å². The van der Waals surface area contributed by atoms with E-state index in [-0.39, 0.29) is 23.9 Å². The van der Waals surface area contributed by atoms with Crippen LogP contribution in [0.25, 0.3) is 5.69 Å². The van der Waals surface area contributed by atoms with Gasteiger partial charge in [-0.15, -0.1) is 0 Å². The van der Waals surface area contributed by atoms with Gasteiger partial charge in [0.05, 0.1) is 12.1 Å². The number of rotatable bonds is 4. The van der Waals surface area contributed by atoms with Crippen molar-refractivity contribution in [2.45, 2.75) is 25.2 Å². The molecule has 3 aromatic rings. The van der Waals surface area contributed by atoms with E-state index in [0.717, 1.165) is 24.1 Å². The number of carbonyl (C=O) groups excluding carboxylic acids is 1. The summed E-state index contributed by atoms with van der Waals surface area (Å²) in [5.74, 6) is 0.763. The van der Waals surface area contributed by atoms with Crippen LogP contribution in [-0.4, -0.2) is 38.2 Å². The molecule has 1 aliphatic heterocycles. The van der Waals surface area contributed by atoms with Crippen LogP contribution in [0.3, 0.4) is 0 Å². The molecule has 4 rings (SSSR count). The van der Waals surface area contributed by atoms with Crippen LogP contribution in [0.2, 0.25) is 5.02 Å². The highest BCUT2D eigenvalue weighted by Gasteiger charge is 2.29. The highest BCUT2D eigenvalue weighted by molar-refractivity contribution is 6.31. The topological polar surface area (TPSA) is 60.1 Å². The number of piperidine rings is 1. The van der Waals surface area contributed by atoms with Crippen molar-refractivity contribution in [3.8, 4) is 5.69 Å². The van der Waals surface area contributed by atoms with Crippen molar-refractivity contribution in [2.75, 3.05) is 13.1 Å². The lowest BCUT2D eigenvalue weighted by Gasteiger charge is -2.32. The van der Waals surface area contributed by atoms with Gasteiger partial charge in [0.25, 0.3) is 0 Å². The zero-order valence-electron chi connectivity index (χ0n) is 16.3. The molecule has 150 valence electrons. The molecular formula is C22H23ClN4O2. The van der Waals surface area contributed by atoms with E-state index in [4.69, 9.17) is 11.6 Å². The number of aromatic nitrogens is 3. The predicted molar refractivity (Wildman–Crippen MR) is 113 cm³/mol. The summed E-state index contributed by atoms with van der Waals surface area (Å²) in [5.41, 5.74) is 1.45. The molecule has 0 spiro atoms. The first kappa shape index (κ1) is 19.5. The van der Waals surface area contributed by atoms with E-state index in [1.807, 2.05) is 53.4 Å². The second kappa shape index (κ2) is 8.25. The van der Waals surface area contributed by atoms with Crippen LogP contribution >= 0.6 is 11.6 Å². The molecule has 0 saturated carbocycles. The zero-order valence-corrected chi connectivity index (χ0v) is 17.0. The molecular weight excluding hydrogens is 388 g/mol. The Bertz CT molecular complexity index is 1070. The smallest absolute Gasteiger partial charge is 0.342 e. The maximum Gasteiger partial charge on any atom is 0.350 e. The zero-order chi connectivity index (χ0) is 20.4. The number of carbonyl (C=O) groups is 1. The molecule has 0 N–H and O–H groups in total. The first-order chi connectivity index (χ1) is 14.0. The van der Waals surface area contributed by atoms with Gasteiger partial charge in [-0.25, -0.2) is 14.0 Å². The van der Waals surface area contributed by atoms with Crippen molar-refractivity contribution in [2.24, 2.45) is 7.05 Å². The van der Waals surface area contributed by atoms with Crippen LogP contribution in [0.1, 0.15) is 30.1 Å². The molecule has 0 unspecified atom stereocenters. The van der Waals surface area contributed by atoms with Crippen LogP contribution in [0.4, 0.5) is 0 Å². The van der Waals surface area contributed by atoms with Gasteiger partial charge >= 0.3 is 5.69 Å². The molecule has 29 heavy (non-hydrogen) atoms. The minimum atomic E-state index is -0.175. The monoisotopic (exact) mass is 410 g/mol. The summed E-state index contributed by atoms with van der Waals surface area (Å²) in [6.07, 6.45) is 2.04. The lowest BCUT2D eigenvalue weighted by atomic mass is 9.96. The van der Waals surface area contributed by atoms with Gasteiger partial charge in [-0.2, -0.15) is 5.10 Å². The third kappa shape index (κ3) is 3.98. The average molecular weight is 411 g/mol. The first-order valence-corrected chi connectivity index (χ1v) is 10.1. The summed E-state index contributed by atoms with van der Waals surface area (Å²) in [4.78, 5) is 27.5. The Hall–Kier alpha value is -2.86. The highest BCUT2D eigenvalue weighted by Crippen LogP contribution is 2.27. The van der Waals surface area contributed by atoms with Gasteiger partial charge in [0.15, 0.2) is 0 Å². The van der Waals surface area contributed by atoms with Crippen LogP contribution in [0, 0.1) is 0 Å². The van der Waals surface area contributed by atoms with E-state index in [1.165, 1.54) is 4.68 Å². The molecule has 1 atom stereocenters. The summed E-state index contributed by atoms with van der Waals surface area (Å²) in [7, 11) is 1.66. The van der Waals surface area contributed by atoms with Crippen molar-refractivity contribution < 1.29 is 4.79 Å². The molecule has 1 amide bonds. The molecule has 1 saturated heterocycles. The number of aryl methyl sites for hydroxylation is 1. The Morgan fingerprint density at radius 2 is 1.86 bits per heavy atom. The van der Waals surface area contributed by atoms with Gasteiger partial charge in [0.1, 0.15) is 5.82 Å². The summed E-state index contributed by atoms with van der Waals surface area (Å²) < 4.78 is 3.03. The highest BCUT2D eigenvalue weighted by atomic mass is 35.5. The molecule has 1 aromatic heterocycles. The molecule has 7 heteroatoms. The van der Waals surface area contributed by atoms with Crippen LogP contribution in [0.5, 0.6) is 0 Å². The van der Waals surface area contributed by atoms with E-state index >= 15 is 0 Å². The standard InChI is InChI=1S/C22H23ClN4O2/c1-25-22(29)27(18-10-3-2-4-11-18)21(24-25)17-9-7-13-26(15-17)20(28)14-16-8-5-6-12-19(16)23/h2-6,8,10-12,17H,7,9,13-15H2,1H3/t17-/m1/s1. The van der Waals surface area contributed by atoms with E-state index in [2.05, 4.69) is 5.10 Å². The van der Waals surface area contributed by atoms with E-state index in [9.17, 15) is 9.59 Å².